The highest BCUT2D eigenvalue weighted by molar-refractivity contribution is 5.85. The minimum atomic E-state index is 0.0211. The fraction of sp³-hybridized carbons (Fsp3) is 0.500. The number of nitrogens with two attached hydrogens (primary N) is 1. The highest BCUT2D eigenvalue weighted by Crippen LogP contribution is 2.22. The second kappa shape index (κ2) is 7.39. The van der Waals surface area contributed by atoms with Crippen LogP contribution in [0.3, 0.4) is 0 Å². The highest BCUT2D eigenvalue weighted by Gasteiger charge is 2.22. The molecular formula is C16H22N6O2. The van der Waals surface area contributed by atoms with Crippen molar-refractivity contribution in [1.82, 2.24) is 20.3 Å². The molecule has 1 atom stereocenters. The monoisotopic (exact) mass is 330 g/mol. The van der Waals surface area contributed by atoms with Gasteiger partial charge in [-0.1, -0.05) is 0 Å². The lowest BCUT2D eigenvalue weighted by Crippen LogP contribution is -2.48. The van der Waals surface area contributed by atoms with Crippen molar-refractivity contribution in [3.05, 3.63) is 18.5 Å². The summed E-state index contributed by atoms with van der Waals surface area (Å²) >= 11 is 0. The third-order valence-corrected chi connectivity index (χ3v) is 4.14. The molecule has 1 aliphatic rings. The Kier molecular flexibility index (Phi) is 5.05. The van der Waals surface area contributed by atoms with Crippen LogP contribution in [0.1, 0.15) is 19.3 Å². The van der Waals surface area contributed by atoms with Gasteiger partial charge in [-0.3, -0.25) is 4.79 Å². The van der Waals surface area contributed by atoms with Gasteiger partial charge in [-0.2, -0.15) is 0 Å². The number of anilines is 2. The standard InChI is InChI=1S/C16H22N6O2/c1-24-8-6-14(23)20-11-3-2-7-22(9-11)13-5-4-12-15(21-13)16(17)19-10-18-12/h4-5,10-11H,2-3,6-9H2,1H3,(H,20,23)(H2,17,18,19). The van der Waals surface area contributed by atoms with E-state index in [1.165, 1.54) is 6.33 Å². The number of fused-ring (bicyclic) bond motifs is 1. The van der Waals surface area contributed by atoms with E-state index in [0.29, 0.717) is 24.4 Å². The summed E-state index contributed by atoms with van der Waals surface area (Å²) in [6, 6.07) is 3.95. The highest BCUT2D eigenvalue weighted by atomic mass is 16.5. The number of pyridine rings is 1. The molecule has 3 rings (SSSR count). The number of nitrogen functional groups attached to an aromatic ring is 1. The molecule has 1 aliphatic heterocycles. The molecule has 1 saturated heterocycles. The van der Waals surface area contributed by atoms with Crippen LogP contribution in [-0.2, 0) is 9.53 Å². The molecule has 0 spiro atoms. The summed E-state index contributed by atoms with van der Waals surface area (Å²) in [7, 11) is 1.59. The van der Waals surface area contributed by atoms with Crippen molar-refractivity contribution in [3.63, 3.8) is 0 Å². The van der Waals surface area contributed by atoms with Gasteiger partial charge in [0.05, 0.1) is 12.1 Å². The summed E-state index contributed by atoms with van der Waals surface area (Å²) in [4.78, 5) is 26.8. The molecule has 128 valence electrons. The first-order valence-corrected chi connectivity index (χ1v) is 8.08. The third-order valence-electron chi connectivity index (χ3n) is 4.14. The van der Waals surface area contributed by atoms with Crippen LogP contribution >= 0.6 is 0 Å². The van der Waals surface area contributed by atoms with Crippen molar-refractivity contribution in [1.29, 1.82) is 0 Å². The van der Waals surface area contributed by atoms with Gasteiger partial charge in [0, 0.05) is 32.7 Å². The van der Waals surface area contributed by atoms with Crippen molar-refractivity contribution in [2.75, 3.05) is 37.4 Å². The summed E-state index contributed by atoms with van der Waals surface area (Å²) in [5.74, 6) is 1.23. The molecule has 2 aromatic heterocycles. The van der Waals surface area contributed by atoms with Gasteiger partial charge in [0.15, 0.2) is 5.82 Å². The molecule has 0 bridgehead atoms. The average molecular weight is 330 g/mol. The Morgan fingerprint density at radius 3 is 3.17 bits per heavy atom. The van der Waals surface area contributed by atoms with E-state index in [1.807, 2.05) is 12.1 Å². The molecule has 8 nitrogen and oxygen atoms in total. The Hall–Kier alpha value is -2.48. The number of carbonyl (C=O) groups excluding carboxylic acids is 1. The molecule has 0 radical (unpaired) electrons. The van der Waals surface area contributed by atoms with Crippen molar-refractivity contribution in [2.45, 2.75) is 25.3 Å². The number of ether oxygens (including phenoxy) is 1. The van der Waals surface area contributed by atoms with Gasteiger partial charge in [-0.15, -0.1) is 0 Å². The molecule has 1 amide bonds. The smallest absolute Gasteiger partial charge is 0.222 e. The number of piperidine rings is 1. The van der Waals surface area contributed by atoms with Crippen molar-refractivity contribution >= 4 is 28.6 Å². The summed E-state index contributed by atoms with van der Waals surface area (Å²) < 4.78 is 4.94. The van der Waals surface area contributed by atoms with E-state index < -0.39 is 0 Å². The number of hydrogen-bond donors (Lipinski definition) is 2. The SMILES string of the molecule is COCCC(=O)NC1CCCN(c2ccc3ncnc(N)c3n2)C1. The van der Waals surface area contributed by atoms with Gasteiger partial charge in [0.2, 0.25) is 5.91 Å². The van der Waals surface area contributed by atoms with E-state index in [1.54, 1.807) is 7.11 Å². The summed E-state index contributed by atoms with van der Waals surface area (Å²) in [6.07, 6.45) is 3.78. The van der Waals surface area contributed by atoms with E-state index in [0.717, 1.165) is 37.3 Å². The minimum Gasteiger partial charge on any atom is -0.384 e. The van der Waals surface area contributed by atoms with E-state index in [2.05, 4.69) is 25.2 Å². The fourth-order valence-corrected chi connectivity index (χ4v) is 2.92. The number of aromatic nitrogens is 3. The largest absolute Gasteiger partial charge is 0.384 e. The second-order valence-corrected chi connectivity index (χ2v) is 5.89. The Labute approximate surface area is 140 Å². The molecule has 24 heavy (non-hydrogen) atoms. The van der Waals surface area contributed by atoms with E-state index in [9.17, 15) is 4.79 Å². The molecule has 8 heteroatoms. The number of methoxy groups -OCH3 is 1. The first-order valence-electron chi connectivity index (χ1n) is 8.08. The van der Waals surface area contributed by atoms with Gasteiger partial charge >= 0.3 is 0 Å². The van der Waals surface area contributed by atoms with Gasteiger partial charge in [-0.25, -0.2) is 15.0 Å². The quantitative estimate of drug-likeness (QED) is 0.832. The summed E-state index contributed by atoms with van der Waals surface area (Å²) in [6.45, 7) is 2.06. The van der Waals surface area contributed by atoms with Crippen LogP contribution in [0.25, 0.3) is 11.0 Å². The zero-order chi connectivity index (χ0) is 16.9. The van der Waals surface area contributed by atoms with Crippen molar-refractivity contribution < 1.29 is 9.53 Å². The number of carbonyl (C=O) groups is 1. The lowest BCUT2D eigenvalue weighted by molar-refractivity contribution is -0.122. The molecule has 3 N–H and O–H groups in total. The molecule has 2 aromatic rings. The molecule has 0 aromatic carbocycles. The fourth-order valence-electron chi connectivity index (χ4n) is 2.92. The van der Waals surface area contributed by atoms with Crippen LogP contribution in [0.2, 0.25) is 0 Å². The summed E-state index contributed by atoms with van der Waals surface area (Å²) in [5, 5.41) is 3.06. The van der Waals surface area contributed by atoms with Gasteiger partial charge < -0.3 is 20.7 Å². The predicted molar refractivity (Wildman–Crippen MR) is 91.6 cm³/mol. The average Bonchev–Trinajstić information content (AvgIpc) is 2.60. The molecule has 3 heterocycles. The zero-order valence-electron chi connectivity index (χ0n) is 13.7. The first-order chi connectivity index (χ1) is 11.7. The van der Waals surface area contributed by atoms with Crippen molar-refractivity contribution in [3.8, 4) is 0 Å². The molecule has 0 aliphatic carbocycles. The predicted octanol–water partition coefficient (Wildman–Crippen LogP) is 0.728. The normalized spacial score (nSPS) is 17.9. The van der Waals surface area contributed by atoms with E-state index >= 15 is 0 Å². The lowest BCUT2D eigenvalue weighted by Gasteiger charge is -2.34. The van der Waals surface area contributed by atoms with Crippen molar-refractivity contribution in [2.24, 2.45) is 0 Å². The molecule has 0 saturated carbocycles. The number of hydrogen-bond acceptors (Lipinski definition) is 7. The number of rotatable bonds is 5. The topological polar surface area (TPSA) is 106 Å². The first kappa shape index (κ1) is 16.4. The Bertz CT molecular complexity index is 723. The van der Waals surface area contributed by atoms with E-state index in [-0.39, 0.29) is 11.9 Å². The molecule has 1 unspecified atom stereocenters. The molecular weight excluding hydrogens is 308 g/mol. The Morgan fingerprint density at radius 2 is 2.33 bits per heavy atom. The maximum absolute atomic E-state index is 11.9. The van der Waals surface area contributed by atoms with Crippen LogP contribution in [-0.4, -0.2) is 53.7 Å². The zero-order valence-corrected chi connectivity index (χ0v) is 13.7. The van der Waals surface area contributed by atoms with Crippen LogP contribution in [0, 0.1) is 0 Å². The van der Waals surface area contributed by atoms with Crippen LogP contribution in [0.4, 0.5) is 11.6 Å². The molecule has 1 fully saturated rings. The number of amides is 1. The van der Waals surface area contributed by atoms with E-state index in [4.69, 9.17) is 10.5 Å². The maximum atomic E-state index is 11.9. The maximum Gasteiger partial charge on any atom is 0.222 e. The van der Waals surface area contributed by atoms with Gasteiger partial charge in [0.25, 0.3) is 0 Å². The van der Waals surface area contributed by atoms with Crippen LogP contribution in [0.15, 0.2) is 18.5 Å². The minimum absolute atomic E-state index is 0.0211. The van der Waals surface area contributed by atoms with Gasteiger partial charge in [-0.05, 0) is 25.0 Å². The van der Waals surface area contributed by atoms with Gasteiger partial charge in [0.1, 0.15) is 17.7 Å². The Morgan fingerprint density at radius 1 is 1.46 bits per heavy atom. The third kappa shape index (κ3) is 3.70. The van der Waals surface area contributed by atoms with Crippen LogP contribution < -0.4 is 16.0 Å². The number of nitrogens with one attached hydrogen (secondary N) is 1. The summed E-state index contributed by atoms with van der Waals surface area (Å²) in [5.41, 5.74) is 7.23. The van der Waals surface area contributed by atoms with Crippen LogP contribution in [0.5, 0.6) is 0 Å². The number of nitrogens with zero attached hydrogens (tertiary/aromatic N) is 4. The second-order valence-electron chi connectivity index (χ2n) is 5.89. The lowest BCUT2D eigenvalue weighted by atomic mass is 10.1. The Balaban J connectivity index is 1.70.